The summed E-state index contributed by atoms with van der Waals surface area (Å²) in [4.78, 5) is 18.7. The van der Waals surface area contributed by atoms with Crippen molar-refractivity contribution in [1.29, 1.82) is 0 Å². The van der Waals surface area contributed by atoms with E-state index in [1.165, 1.54) is 25.4 Å². The second-order valence-corrected chi connectivity index (χ2v) is 7.02. The van der Waals surface area contributed by atoms with Crippen LogP contribution >= 0.6 is 0 Å². The van der Waals surface area contributed by atoms with Crippen LogP contribution in [0.2, 0.25) is 0 Å². The summed E-state index contributed by atoms with van der Waals surface area (Å²) in [6.07, 6.45) is 10.9. The molecule has 8 nitrogen and oxygen atoms in total. The number of aromatic nitrogens is 4. The van der Waals surface area contributed by atoms with Crippen molar-refractivity contribution in [1.82, 2.24) is 24.5 Å². The number of hydrogen-bond donors (Lipinski definition) is 1. The van der Waals surface area contributed by atoms with E-state index in [1.54, 1.807) is 12.3 Å². The second kappa shape index (κ2) is 6.12. The molecule has 0 radical (unpaired) electrons. The van der Waals surface area contributed by atoms with Crippen LogP contribution < -0.4 is 5.32 Å². The van der Waals surface area contributed by atoms with Crippen LogP contribution in [0.4, 0.5) is 5.82 Å². The Hall–Kier alpha value is -2.90. The molecule has 0 spiro atoms. The lowest BCUT2D eigenvalue weighted by Gasteiger charge is -2.32. The number of likely N-dealkylation sites (tertiary alicyclic amines) is 1. The van der Waals surface area contributed by atoms with Crippen LogP contribution in [0.15, 0.2) is 35.4 Å². The summed E-state index contributed by atoms with van der Waals surface area (Å²) in [6.45, 7) is 1.43. The highest BCUT2D eigenvalue weighted by Gasteiger charge is 2.30. The van der Waals surface area contributed by atoms with Gasteiger partial charge in [-0.3, -0.25) is 9.20 Å². The Morgan fingerprint density at radius 3 is 2.77 bits per heavy atom. The van der Waals surface area contributed by atoms with Gasteiger partial charge in [0.05, 0.1) is 11.8 Å². The molecule has 4 heterocycles. The summed E-state index contributed by atoms with van der Waals surface area (Å²) in [6, 6.07) is 1.98. The molecule has 134 valence electrons. The Morgan fingerprint density at radius 2 is 2.04 bits per heavy atom. The minimum Gasteiger partial charge on any atom is -0.472 e. The molecule has 1 aliphatic carbocycles. The van der Waals surface area contributed by atoms with E-state index in [-0.39, 0.29) is 11.9 Å². The van der Waals surface area contributed by atoms with E-state index in [0.717, 1.165) is 30.1 Å². The first kappa shape index (κ1) is 15.4. The van der Waals surface area contributed by atoms with Crippen molar-refractivity contribution in [2.75, 3.05) is 18.4 Å². The zero-order chi connectivity index (χ0) is 17.5. The maximum absolute atomic E-state index is 12.4. The number of nitrogens with one attached hydrogen (secondary N) is 1. The third-order valence-corrected chi connectivity index (χ3v) is 5.19. The summed E-state index contributed by atoms with van der Waals surface area (Å²) < 4.78 is 7.05. The standard InChI is InChI=1S/C18H20N6O2/c25-18(13-5-10-26-11-13)23-7-3-14(4-8-23)20-15-17-22-21-16(12-1-2-12)24(17)9-6-19-15/h5-6,9-12,14H,1-4,7-8H2,(H,19,20). The lowest BCUT2D eigenvalue weighted by atomic mass is 10.0. The fourth-order valence-electron chi connectivity index (χ4n) is 3.55. The molecule has 0 atom stereocenters. The number of rotatable bonds is 4. The van der Waals surface area contributed by atoms with Gasteiger partial charge in [-0.1, -0.05) is 0 Å². The third-order valence-electron chi connectivity index (χ3n) is 5.19. The van der Waals surface area contributed by atoms with Crippen molar-refractivity contribution < 1.29 is 9.21 Å². The van der Waals surface area contributed by atoms with Crippen LogP contribution in [-0.4, -0.2) is 49.5 Å². The average molecular weight is 352 g/mol. The zero-order valence-electron chi connectivity index (χ0n) is 14.3. The van der Waals surface area contributed by atoms with Crippen molar-refractivity contribution in [3.8, 4) is 0 Å². The number of nitrogens with zero attached hydrogens (tertiary/aromatic N) is 5. The molecule has 3 aromatic rings. The summed E-state index contributed by atoms with van der Waals surface area (Å²) >= 11 is 0. The molecule has 0 unspecified atom stereocenters. The molecule has 1 saturated heterocycles. The number of hydrogen-bond acceptors (Lipinski definition) is 6. The fourth-order valence-corrected chi connectivity index (χ4v) is 3.55. The monoisotopic (exact) mass is 352 g/mol. The smallest absolute Gasteiger partial charge is 0.257 e. The lowest BCUT2D eigenvalue weighted by Crippen LogP contribution is -2.42. The van der Waals surface area contributed by atoms with Crippen LogP contribution in [0.5, 0.6) is 0 Å². The Balaban J connectivity index is 1.27. The number of amides is 1. The molecular weight excluding hydrogens is 332 g/mol. The first-order valence-electron chi connectivity index (χ1n) is 9.07. The lowest BCUT2D eigenvalue weighted by molar-refractivity contribution is 0.0717. The van der Waals surface area contributed by atoms with E-state index in [4.69, 9.17) is 4.42 Å². The molecule has 3 aromatic heterocycles. The number of carbonyl (C=O) groups is 1. The Kier molecular flexibility index (Phi) is 3.62. The number of carbonyl (C=O) groups excluding carboxylic acids is 1. The molecule has 2 aliphatic rings. The molecule has 8 heteroatoms. The van der Waals surface area contributed by atoms with Gasteiger partial charge in [-0.25, -0.2) is 4.98 Å². The Labute approximate surface area is 150 Å². The van der Waals surface area contributed by atoms with Crippen molar-refractivity contribution >= 4 is 17.4 Å². The van der Waals surface area contributed by atoms with E-state index in [0.29, 0.717) is 24.6 Å². The topological polar surface area (TPSA) is 88.6 Å². The number of furan rings is 1. The highest BCUT2D eigenvalue weighted by molar-refractivity contribution is 5.93. The van der Waals surface area contributed by atoms with Crippen LogP contribution in [0.1, 0.15) is 47.8 Å². The largest absolute Gasteiger partial charge is 0.472 e. The van der Waals surface area contributed by atoms with Gasteiger partial charge < -0.3 is 14.6 Å². The predicted molar refractivity (Wildman–Crippen MR) is 94.0 cm³/mol. The zero-order valence-corrected chi connectivity index (χ0v) is 14.3. The third kappa shape index (κ3) is 2.71. The molecular formula is C18H20N6O2. The highest BCUT2D eigenvalue weighted by atomic mass is 16.3. The maximum Gasteiger partial charge on any atom is 0.257 e. The molecule has 1 amide bonds. The van der Waals surface area contributed by atoms with Crippen molar-refractivity contribution in [2.45, 2.75) is 37.6 Å². The quantitative estimate of drug-likeness (QED) is 0.775. The molecule has 5 rings (SSSR count). The van der Waals surface area contributed by atoms with Gasteiger partial charge in [0, 0.05) is 37.4 Å². The Morgan fingerprint density at radius 1 is 1.19 bits per heavy atom. The summed E-state index contributed by atoms with van der Waals surface area (Å²) in [5, 5.41) is 12.2. The molecule has 0 aromatic carbocycles. The van der Waals surface area contributed by atoms with E-state index >= 15 is 0 Å². The van der Waals surface area contributed by atoms with Gasteiger partial charge in [-0.05, 0) is 31.7 Å². The van der Waals surface area contributed by atoms with Gasteiger partial charge in [-0.2, -0.15) is 0 Å². The number of anilines is 1. The van der Waals surface area contributed by atoms with Gasteiger partial charge in [0.1, 0.15) is 12.1 Å². The van der Waals surface area contributed by atoms with Gasteiger partial charge >= 0.3 is 0 Å². The normalized spacial score (nSPS) is 18.4. The molecule has 1 N–H and O–H groups in total. The van der Waals surface area contributed by atoms with Crippen LogP contribution in [0.25, 0.3) is 5.65 Å². The second-order valence-electron chi connectivity index (χ2n) is 7.02. The predicted octanol–water partition coefficient (Wildman–Crippen LogP) is 2.31. The van der Waals surface area contributed by atoms with Crippen molar-refractivity contribution in [2.24, 2.45) is 0 Å². The maximum atomic E-state index is 12.4. The van der Waals surface area contributed by atoms with Crippen molar-refractivity contribution in [3.63, 3.8) is 0 Å². The minimum atomic E-state index is 0.0314. The first-order valence-corrected chi connectivity index (χ1v) is 9.07. The van der Waals surface area contributed by atoms with Crippen LogP contribution in [0.3, 0.4) is 0 Å². The van der Waals surface area contributed by atoms with Crippen LogP contribution in [0, 0.1) is 0 Å². The van der Waals surface area contributed by atoms with Gasteiger partial charge in [-0.15, -0.1) is 10.2 Å². The minimum absolute atomic E-state index is 0.0314. The molecule has 0 bridgehead atoms. The highest BCUT2D eigenvalue weighted by Crippen LogP contribution is 2.39. The molecule has 1 saturated carbocycles. The molecule has 26 heavy (non-hydrogen) atoms. The van der Waals surface area contributed by atoms with Gasteiger partial charge in [0.2, 0.25) is 5.65 Å². The van der Waals surface area contributed by atoms with E-state index in [9.17, 15) is 4.79 Å². The van der Waals surface area contributed by atoms with Gasteiger partial charge in [0.25, 0.3) is 5.91 Å². The fraction of sp³-hybridized carbons (Fsp3) is 0.444. The van der Waals surface area contributed by atoms with E-state index < -0.39 is 0 Å². The SMILES string of the molecule is O=C(c1ccoc1)N1CCC(Nc2nccn3c(C4CC4)nnc23)CC1. The summed E-state index contributed by atoms with van der Waals surface area (Å²) in [5.41, 5.74) is 1.39. The number of piperidine rings is 1. The van der Waals surface area contributed by atoms with E-state index in [1.807, 2.05) is 15.5 Å². The van der Waals surface area contributed by atoms with E-state index in [2.05, 4.69) is 20.5 Å². The molecule has 1 aliphatic heterocycles. The summed E-state index contributed by atoms with van der Waals surface area (Å²) in [7, 11) is 0. The van der Waals surface area contributed by atoms with Crippen molar-refractivity contribution in [3.05, 3.63) is 42.4 Å². The average Bonchev–Trinajstić information content (AvgIpc) is 3.20. The Bertz CT molecular complexity index is 922. The molecule has 2 fully saturated rings. The number of fused-ring (bicyclic) bond motifs is 1. The summed E-state index contributed by atoms with van der Waals surface area (Å²) in [5.74, 6) is 2.37. The van der Waals surface area contributed by atoms with Gasteiger partial charge in [0.15, 0.2) is 5.82 Å². The van der Waals surface area contributed by atoms with Crippen LogP contribution in [-0.2, 0) is 0 Å². The first-order chi connectivity index (χ1) is 12.8.